The van der Waals surface area contributed by atoms with Gasteiger partial charge in [-0.1, -0.05) is 23.7 Å². The fourth-order valence-electron chi connectivity index (χ4n) is 2.64. The number of hydrogen-bond acceptors (Lipinski definition) is 6. The Morgan fingerprint density at radius 1 is 1.16 bits per heavy atom. The quantitative estimate of drug-likeness (QED) is 0.842. The topological polar surface area (TPSA) is 78.8 Å². The maximum absolute atomic E-state index is 10.8. The summed E-state index contributed by atoms with van der Waals surface area (Å²) in [5, 5.41) is 9.48. The number of nitrogens with zero attached hydrogens (tertiary/aromatic N) is 4. The first kappa shape index (κ1) is 17.4. The molecule has 8 heteroatoms. The summed E-state index contributed by atoms with van der Waals surface area (Å²) < 4.78 is 5.72. The molecular formula is C17H19ClN4O3. The average Bonchev–Trinajstić information content (AvgIpc) is 2.64. The highest BCUT2D eigenvalue weighted by Crippen LogP contribution is 2.23. The first-order valence-electron chi connectivity index (χ1n) is 8.03. The van der Waals surface area contributed by atoms with E-state index in [4.69, 9.17) is 21.4 Å². The van der Waals surface area contributed by atoms with Gasteiger partial charge in [0.15, 0.2) is 5.69 Å². The number of halogens is 1. The molecule has 2 heterocycles. The van der Waals surface area contributed by atoms with Crippen LogP contribution >= 0.6 is 11.6 Å². The number of aromatic nitrogens is 2. The van der Waals surface area contributed by atoms with E-state index in [0.717, 1.165) is 32.7 Å². The van der Waals surface area contributed by atoms with Gasteiger partial charge in [-0.05, 0) is 12.1 Å². The Kier molecular flexibility index (Phi) is 5.67. The SMILES string of the molecule is O=C(O)c1cnc(N2CCN(CCOc3ccccc3Cl)CC2)cn1. The molecular weight excluding hydrogens is 344 g/mol. The Bertz CT molecular complexity index is 718. The molecule has 1 aromatic heterocycles. The van der Waals surface area contributed by atoms with Gasteiger partial charge in [0.05, 0.1) is 17.4 Å². The monoisotopic (exact) mass is 362 g/mol. The van der Waals surface area contributed by atoms with E-state index in [-0.39, 0.29) is 5.69 Å². The number of hydrogen-bond donors (Lipinski definition) is 1. The lowest BCUT2D eigenvalue weighted by molar-refractivity contribution is 0.0690. The first-order chi connectivity index (χ1) is 12.1. The lowest BCUT2D eigenvalue weighted by atomic mass is 10.3. The predicted molar refractivity (Wildman–Crippen MR) is 94.6 cm³/mol. The van der Waals surface area contributed by atoms with E-state index in [1.807, 2.05) is 24.3 Å². The number of carboxylic acid groups (broad SMARTS) is 1. The maximum atomic E-state index is 10.8. The van der Waals surface area contributed by atoms with Crippen molar-refractivity contribution in [1.82, 2.24) is 14.9 Å². The third-order valence-corrected chi connectivity index (χ3v) is 4.37. The zero-order valence-corrected chi connectivity index (χ0v) is 14.4. The van der Waals surface area contributed by atoms with Gasteiger partial charge in [0, 0.05) is 32.7 Å². The van der Waals surface area contributed by atoms with Gasteiger partial charge in [-0.2, -0.15) is 0 Å². The molecule has 1 aliphatic heterocycles. The van der Waals surface area contributed by atoms with Crippen molar-refractivity contribution in [3.63, 3.8) is 0 Å². The number of benzene rings is 1. The van der Waals surface area contributed by atoms with E-state index in [2.05, 4.69) is 19.8 Å². The zero-order chi connectivity index (χ0) is 17.6. The van der Waals surface area contributed by atoms with E-state index in [1.165, 1.54) is 12.4 Å². The predicted octanol–water partition coefficient (Wildman–Crippen LogP) is 2.03. The summed E-state index contributed by atoms with van der Waals surface area (Å²) in [6.45, 7) is 4.79. The van der Waals surface area contributed by atoms with Gasteiger partial charge in [0.25, 0.3) is 0 Å². The molecule has 1 aliphatic rings. The van der Waals surface area contributed by atoms with Gasteiger partial charge in [0.1, 0.15) is 18.2 Å². The molecule has 0 atom stereocenters. The Balaban J connectivity index is 1.44. The summed E-state index contributed by atoms with van der Waals surface area (Å²) in [7, 11) is 0. The molecule has 0 bridgehead atoms. The molecule has 0 amide bonds. The molecule has 1 N–H and O–H groups in total. The standard InChI is InChI=1S/C17H19ClN4O3/c18-13-3-1-2-4-15(13)25-10-9-21-5-7-22(8-6-21)16-12-19-14(11-20-16)17(23)24/h1-4,11-12H,5-10H2,(H,23,24). The first-order valence-corrected chi connectivity index (χ1v) is 8.41. The lowest BCUT2D eigenvalue weighted by Gasteiger charge is -2.35. The Morgan fingerprint density at radius 3 is 2.56 bits per heavy atom. The minimum Gasteiger partial charge on any atom is -0.491 e. The number of carboxylic acids is 1. The van der Waals surface area contributed by atoms with Gasteiger partial charge in [-0.15, -0.1) is 0 Å². The van der Waals surface area contributed by atoms with E-state index in [9.17, 15) is 4.79 Å². The largest absolute Gasteiger partial charge is 0.491 e. The molecule has 25 heavy (non-hydrogen) atoms. The van der Waals surface area contributed by atoms with Crippen LogP contribution < -0.4 is 9.64 Å². The highest BCUT2D eigenvalue weighted by Gasteiger charge is 2.18. The van der Waals surface area contributed by atoms with Gasteiger partial charge in [0.2, 0.25) is 0 Å². The lowest BCUT2D eigenvalue weighted by Crippen LogP contribution is -2.47. The molecule has 3 rings (SSSR count). The highest BCUT2D eigenvalue weighted by molar-refractivity contribution is 6.32. The number of rotatable bonds is 6. The number of ether oxygens (including phenoxy) is 1. The van der Waals surface area contributed by atoms with Crippen LogP contribution in [-0.2, 0) is 0 Å². The van der Waals surface area contributed by atoms with Crippen molar-refractivity contribution in [3.8, 4) is 5.75 Å². The van der Waals surface area contributed by atoms with Crippen LogP contribution in [0.5, 0.6) is 5.75 Å². The summed E-state index contributed by atoms with van der Waals surface area (Å²) in [6.07, 6.45) is 2.81. The molecule has 1 aromatic carbocycles. The van der Waals surface area contributed by atoms with Crippen molar-refractivity contribution < 1.29 is 14.6 Å². The zero-order valence-electron chi connectivity index (χ0n) is 13.6. The fourth-order valence-corrected chi connectivity index (χ4v) is 2.83. The fraction of sp³-hybridized carbons (Fsp3) is 0.353. The Morgan fingerprint density at radius 2 is 1.92 bits per heavy atom. The number of carbonyl (C=O) groups is 1. The summed E-state index contributed by atoms with van der Waals surface area (Å²) in [5.74, 6) is 0.343. The average molecular weight is 363 g/mol. The normalized spacial score (nSPS) is 15.2. The second-order valence-corrected chi connectivity index (χ2v) is 6.08. The van der Waals surface area contributed by atoms with Crippen LogP contribution in [0.25, 0.3) is 0 Å². The van der Waals surface area contributed by atoms with Crippen LogP contribution in [0.4, 0.5) is 5.82 Å². The second kappa shape index (κ2) is 8.13. The van der Waals surface area contributed by atoms with Gasteiger partial charge >= 0.3 is 5.97 Å². The van der Waals surface area contributed by atoms with Crippen LogP contribution in [0.1, 0.15) is 10.5 Å². The van der Waals surface area contributed by atoms with E-state index in [1.54, 1.807) is 0 Å². The van der Waals surface area contributed by atoms with Crippen molar-refractivity contribution in [2.75, 3.05) is 44.2 Å². The molecule has 0 aliphatic carbocycles. The van der Waals surface area contributed by atoms with Crippen LogP contribution in [0.3, 0.4) is 0 Å². The summed E-state index contributed by atoms with van der Waals surface area (Å²) >= 11 is 6.07. The summed E-state index contributed by atoms with van der Waals surface area (Å²) in [5.41, 5.74) is -0.0425. The number of para-hydroxylation sites is 1. The number of piperazine rings is 1. The minimum absolute atomic E-state index is 0.0425. The van der Waals surface area contributed by atoms with Crippen molar-refractivity contribution >= 4 is 23.4 Å². The van der Waals surface area contributed by atoms with Gasteiger partial charge in [-0.3, -0.25) is 4.90 Å². The van der Waals surface area contributed by atoms with Crippen LogP contribution in [0, 0.1) is 0 Å². The smallest absolute Gasteiger partial charge is 0.356 e. The van der Waals surface area contributed by atoms with Crippen molar-refractivity contribution in [3.05, 3.63) is 47.4 Å². The number of aromatic carboxylic acids is 1. The molecule has 0 saturated carbocycles. The highest BCUT2D eigenvalue weighted by atomic mass is 35.5. The van der Waals surface area contributed by atoms with E-state index in [0.29, 0.717) is 23.2 Å². The van der Waals surface area contributed by atoms with Gasteiger partial charge < -0.3 is 14.7 Å². The summed E-state index contributed by atoms with van der Waals surface area (Å²) in [4.78, 5) is 23.3. The minimum atomic E-state index is -1.07. The van der Waals surface area contributed by atoms with Crippen molar-refractivity contribution in [2.45, 2.75) is 0 Å². The second-order valence-electron chi connectivity index (χ2n) is 5.67. The molecule has 0 unspecified atom stereocenters. The van der Waals surface area contributed by atoms with Crippen molar-refractivity contribution in [2.24, 2.45) is 0 Å². The molecule has 132 valence electrons. The molecule has 2 aromatic rings. The molecule has 1 fully saturated rings. The van der Waals surface area contributed by atoms with Crippen LogP contribution in [0.2, 0.25) is 5.02 Å². The number of anilines is 1. The van der Waals surface area contributed by atoms with Crippen LogP contribution in [-0.4, -0.2) is 65.3 Å². The summed E-state index contributed by atoms with van der Waals surface area (Å²) in [6, 6.07) is 7.45. The third kappa shape index (κ3) is 4.58. The van der Waals surface area contributed by atoms with Crippen molar-refractivity contribution in [1.29, 1.82) is 0 Å². The Labute approximate surface area is 150 Å². The molecule has 0 radical (unpaired) electrons. The maximum Gasteiger partial charge on any atom is 0.356 e. The van der Waals surface area contributed by atoms with E-state index >= 15 is 0 Å². The molecule has 1 saturated heterocycles. The Hall–Kier alpha value is -2.38. The third-order valence-electron chi connectivity index (χ3n) is 4.06. The van der Waals surface area contributed by atoms with Gasteiger partial charge in [-0.25, -0.2) is 14.8 Å². The van der Waals surface area contributed by atoms with E-state index < -0.39 is 5.97 Å². The molecule has 0 spiro atoms. The van der Waals surface area contributed by atoms with Crippen LogP contribution in [0.15, 0.2) is 36.7 Å². The molecule has 7 nitrogen and oxygen atoms in total.